The molecule has 2 heterocycles. The minimum atomic E-state index is -4.99. The van der Waals surface area contributed by atoms with Crippen molar-refractivity contribution in [1.29, 1.82) is 0 Å². The third kappa shape index (κ3) is 2.87. The van der Waals surface area contributed by atoms with Gasteiger partial charge in [-0.2, -0.15) is 18.3 Å². The summed E-state index contributed by atoms with van der Waals surface area (Å²) < 4.78 is 43.5. The molecule has 5 nitrogen and oxygen atoms in total. The summed E-state index contributed by atoms with van der Waals surface area (Å²) >= 11 is 0.786. The van der Waals surface area contributed by atoms with Gasteiger partial charge in [0.25, 0.3) is 5.56 Å². The van der Waals surface area contributed by atoms with Gasteiger partial charge in [0.15, 0.2) is 0 Å². The van der Waals surface area contributed by atoms with Crippen LogP contribution < -0.4 is 5.56 Å². The van der Waals surface area contributed by atoms with Crippen molar-refractivity contribution in [2.75, 3.05) is 0 Å². The van der Waals surface area contributed by atoms with E-state index in [9.17, 15) is 23.1 Å². The molecule has 0 aliphatic carbocycles. The summed E-state index contributed by atoms with van der Waals surface area (Å²) in [7, 11) is 1.36. The third-order valence-electron chi connectivity index (χ3n) is 4.57. The van der Waals surface area contributed by atoms with E-state index in [1.54, 1.807) is 36.4 Å². The summed E-state index contributed by atoms with van der Waals surface area (Å²) in [6, 6.07) is 12.9. The number of para-hydroxylation sites is 1. The smallest absolute Gasteiger partial charge is 0.374 e. The Morgan fingerprint density at radius 3 is 2.39 bits per heavy atom. The lowest BCUT2D eigenvalue weighted by Gasteiger charge is -2.28. The van der Waals surface area contributed by atoms with Gasteiger partial charge in [-0.15, -0.1) is 11.3 Å². The number of hydrogen-bond acceptors (Lipinski definition) is 5. The largest absolute Gasteiger partial charge is 0.424 e. The van der Waals surface area contributed by atoms with Gasteiger partial charge in [0.1, 0.15) is 5.01 Å². The topological polar surface area (TPSA) is 68.0 Å². The van der Waals surface area contributed by atoms with Crippen molar-refractivity contribution in [1.82, 2.24) is 14.8 Å². The number of fused-ring (bicyclic) bond motifs is 2. The van der Waals surface area contributed by atoms with Crippen molar-refractivity contribution < 1.29 is 18.3 Å². The Morgan fingerprint density at radius 1 is 1.07 bits per heavy atom. The Hall–Kier alpha value is -2.78. The highest BCUT2D eigenvalue weighted by molar-refractivity contribution is 7.18. The maximum atomic E-state index is 14.0. The number of aliphatic hydroxyl groups is 1. The molecule has 1 N–H and O–H groups in total. The molecule has 0 aliphatic heterocycles. The summed E-state index contributed by atoms with van der Waals surface area (Å²) in [5, 5.41) is 14.8. The summed E-state index contributed by atoms with van der Waals surface area (Å²) in [4.78, 5) is 16.3. The molecule has 0 bridgehead atoms. The predicted octanol–water partition coefficient (Wildman–Crippen LogP) is 3.54. The van der Waals surface area contributed by atoms with Gasteiger partial charge in [0, 0.05) is 18.9 Å². The second-order valence-corrected chi connectivity index (χ2v) is 7.47. The molecule has 0 unspecified atom stereocenters. The Bertz CT molecular complexity index is 1220. The SMILES string of the molecule is Cn1nc(C[C@@](O)(c2nc3ccccc3s2)C(F)(F)F)c2ccccc2c1=O. The number of nitrogens with zero attached hydrogens (tertiary/aromatic N) is 3. The van der Waals surface area contributed by atoms with Gasteiger partial charge in [-0.1, -0.05) is 30.3 Å². The van der Waals surface area contributed by atoms with Crippen LogP contribution >= 0.6 is 11.3 Å². The molecule has 9 heteroatoms. The van der Waals surface area contributed by atoms with Crippen LogP contribution in [0.2, 0.25) is 0 Å². The van der Waals surface area contributed by atoms with Gasteiger partial charge >= 0.3 is 6.18 Å². The molecule has 0 aliphatic rings. The van der Waals surface area contributed by atoms with Crippen LogP contribution in [-0.2, 0) is 19.1 Å². The average Bonchev–Trinajstić information content (AvgIpc) is 3.09. The van der Waals surface area contributed by atoms with Crippen LogP contribution in [-0.4, -0.2) is 26.0 Å². The molecule has 2 aromatic heterocycles. The number of rotatable bonds is 3. The van der Waals surface area contributed by atoms with Crippen LogP contribution in [0, 0.1) is 0 Å². The lowest BCUT2D eigenvalue weighted by Crippen LogP contribution is -2.44. The van der Waals surface area contributed by atoms with Crippen molar-refractivity contribution >= 4 is 32.3 Å². The van der Waals surface area contributed by atoms with Crippen molar-refractivity contribution in [2.24, 2.45) is 7.05 Å². The molecule has 0 saturated heterocycles. The minimum Gasteiger partial charge on any atom is -0.374 e. The number of alkyl halides is 3. The summed E-state index contributed by atoms with van der Waals surface area (Å²) in [5.41, 5.74) is -3.31. The van der Waals surface area contributed by atoms with E-state index < -0.39 is 28.8 Å². The number of aromatic nitrogens is 3. The summed E-state index contributed by atoms with van der Waals surface area (Å²) in [6.07, 6.45) is -5.84. The average molecular weight is 405 g/mol. The quantitative estimate of drug-likeness (QED) is 0.566. The standard InChI is InChI=1S/C19H14F3N3O2S/c1-25-16(26)12-7-3-2-6-11(12)14(24-25)10-18(27,19(20,21)22)17-23-13-8-4-5-9-15(13)28-17/h2-9,27H,10H2,1H3/t18-/m1/s1. The van der Waals surface area contributed by atoms with Gasteiger partial charge in [-0.25, -0.2) is 9.67 Å². The molecule has 28 heavy (non-hydrogen) atoms. The lowest BCUT2D eigenvalue weighted by molar-refractivity contribution is -0.266. The molecule has 0 radical (unpaired) electrons. The molecule has 4 aromatic rings. The minimum absolute atomic E-state index is 0.0308. The number of benzene rings is 2. The zero-order chi connectivity index (χ0) is 20.1. The Labute approximate surface area is 160 Å². The summed E-state index contributed by atoms with van der Waals surface area (Å²) in [6.45, 7) is 0. The molecule has 0 fully saturated rings. The number of thiazole rings is 1. The van der Waals surface area contributed by atoms with Gasteiger partial charge in [-0.05, 0) is 18.2 Å². The maximum Gasteiger partial charge on any atom is 0.424 e. The lowest BCUT2D eigenvalue weighted by atomic mass is 9.95. The van der Waals surface area contributed by atoms with E-state index in [1.165, 1.54) is 19.2 Å². The number of halogens is 3. The molecule has 0 spiro atoms. The fraction of sp³-hybridized carbons (Fsp3) is 0.211. The van der Waals surface area contributed by atoms with E-state index in [2.05, 4.69) is 10.1 Å². The third-order valence-corrected chi connectivity index (χ3v) is 5.76. The molecule has 2 aromatic carbocycles. The van der Waals surface area contributed by atoms with Crippen LogP contribution in [0.25, 0.3) is 21.0 Å². The molecule has 0 amide bonds. The molecular formula is C19H14F3N3O2S. The van der Waals surface area contributed by atoms with E-state index in [1.807, 2.05) is 0 Å². The molecular weight excluding hydrogens is 391 g/mol. The predicted molar refractivity (Wildman–Crippen MR) is 100 cm³/mol. The molecule has 0 saturated carbocycles. The van der Waals surface area contributed by atoms with Crippen molar-refractivity contribution in [3.8, 4) is 0 Å². The highest BCUT2D eigenvalue weighted by Gasteiger charge is 2.57. The monoisotopic (exact) mass is 405 g/mol. The number of aryl methyl sites for hydroxylation is 1. The molecule has 144 valence electrons. The number of hydrogen-bond donors (Lipinski definition) is 1. The zero-order valence-electron chi connectivity index (χ0n) is 14.6. The van der Waals surface area contributed by atoms with Crippen molar-refractivity contribution in [3.05, 3.63) is 69.6 Å². The van der Waals surface area contributed by atoms with E-state index in [0.29, 0.717) is 10.2 Å². The highest BCUT2D eigenvalue weighted by Crippen LogP contribution is 2.44. The second kappa shape index (κ2) is 6.39. The van der Waals surface area contributed by atoms with Crippen LogP contribution in [0.5, 0.6) is 0 Å². The normalized spacial score (nSPS) is 14.5. The van der Waals surface area contributed by atoms with Crippen LogP contribution in [0.3, 0.4) is 0 Å². The first-order valence-corrected chi connectivity index (χ1v) is 9.12. The van der Waals surface area contributed by atoms with Crippen molar-refractivity contribution in [3.63, 3.8) is 0 Å². The van der Waals surface area contributed by atoms with E-state index >= 15 is 0 Å². The second-order valence-electron chi connectivity index (χ2n) is 6.44. The van der Waals surface area contributed by atoms with E-state index in [-0.39, 0.29) is 16.5 Å². The van der Waals surface area contributed by atoms with E-state index in [0.717, 1.165) is 16.0 Å². The van der Waals surface area contributed by atoms with E-state index in [4.69, 9.17) is 0 Å². The fourth-order valence-corrected chi connectivity index (χ4v) is 4.17. The first kappa shape index (κ1) is 18.6. The first-order chi connectivity index (χ1) is 13.2. The highest BCUT2D eigenvalue weighted by atomic mass is 32.1. The van der Waals surface area contributed by atoms with Crippen LogP contribution in [0.4, 0.5) is 13.2 Å². The maximum absolute atomic E-state index is 14.0. The van der Waals surface area contributed by atoms with Crippen molar-refractivity contribution in [2.45, 2.75) is 18.2 Å². The van der Waals surface area contributed by atoms with Crippen LogP contribution in [0.15, 0.2) is 53.3 Å². The summed E-state index contributed by atoms with van der Waals surface area (Å²) in [5.74, 6) is 0. The van der Waals surface area contributed by atoms with Gasteiger partial charge < -0.3 is 5.11 Å². The molecule has 4 rings (SSSR count). The van der Waals surface area contributed by atoms with Gasteiger partial charge in [0.2, 0.25) is 5.60 Å². The Balaban J connectivity index is 1.92. The van der Waals surface area contributed by atoms with Gasteiger partial charge in [0.05, 0.1) is 21.3 Å². The Morgan fingerprint density at radius 2 is 1.71 bits per heavy atom. The van der Waals surface area contributed by atoms with Gasteiger partial charge in [-0.3, -0.25) is 4.79 Å². The first-order valence-electron chi connectivity index (χ1n) is 8.31. The zero-order valence-corrected chi connectivity index (χ0v) is 15.4. The van der Waals surface area contributed by atoms with Crippen LogP contribution in [0.1, 0.15) is 10.7 Å². The molecule has 1 atom stereocenters. The Kier molecular flexibility index (Phi) is 4.24. The fourth-order valence-electron chi connectivity index (χ4n) is 3.10.